The molecule has 0 fully saturated rings. The van der Waals surface area contributed by atoms with E-state index >= 15 is 0 Å². The average molecular weight is 308 g/mol. The second-order valence-electron chi connectivity index (χ2n) is 4.44. The molecule has 20 heavy (non-hydrogen) atoms. The fourth-order valence-corrected chi connectivity index (χ4v) is 2.50. The molecule has 108 valence electrons. The monoisotopic (exact) mass is 307 g/mol. The van der Waals surface area contributed by atoms with Gasteiger partial charge in [-0.25, -0.2) is 0 Å². The molecule has 0 bridgehead atoms. The lowest BCUT2D eigenvalue weighted by Crippen LogP contribution is -1.89. The molecule has 0 saturated heterocycles. The number of hydrogen-bond acceptors (Lipinski definition) is 2. The van der Waals surface area contributed by atoms with E-state index in [0.717, 1.165) is 10.7 Å². The van der Waals surface area contributed by atoms with Gasteiger partial charge in [-0.2, -0.15) is 0 Å². The summed E-state index contributed by atoms with van der Waals surface area (Å²) in [7, 11) is 0. The van der Waals surface area contributed by atoms with Crippen LogP contribution in [0.1, 0.15) is 39.2 Å². The Morgan fingerprint density at radius 3 is 2.35 bits per heavy atom. The summed E-state index contributed by atoms with van der Waals surface area (Å²) < 4.78 is 3.30. The number of rotatable bonds is 4. The molecule has 0 radical (unpaired) electrons. The molecule has 1 N–H and O–H groups in total. The molecule has 0 amide bonds. The van der Waals surface area contributed by atoms with Crippen molar-refractivity contribution in [3.8, 4) is 0 Å². The molecule has 3 heteroatoms. The van der Waals surface area contributed by atoms with Gasteiger partial charge in [0.15, 0.2) is 0 Å². The quantitative estimate of drug-likeness (QED) is 0.638. The highest BCUT2D eigenvalue weighted by atomic mass is 35.5. The van der Waals surface area contributed by atoms with Crippen LogP contribution >= 0.6 is 23.5 Å². The van der Waals surface area contributed by atoms with Gasteiger partial charge < -0.3 is 4.72 Å². The van der Waals surface area contributed by atoms with Crippen LogP contribution in [0.5, 0.6) is 0 Å². The van der Waals surface area contributed by atoms with E-state index < -0.39 is 0 Å². The van der Waals surface area contributed by atoms with E-state index in [4.69, 9.17) is 11.6 Å². The van der Waals surface area contributed by atoms with Crippen LogP contribution in [0.4, 0.5) is 5.69 Å². The lowest BCUT2D eigenvalue weighted by Gasteiger charge is -2.09. The highest BCUT2D eigenvalue weighted by Crippen LogP contribution is 2.25. The Hall–Kier alpha value is -1.12. The van der Waals surface area contributed by atoms with Crippen molar-refractivity contribution in [3.05, 3.63) is 59.1 Å². The zero-order chi connectivity index (χ0) is 15.0. The summed E-state index contributed by atoms with van der Waals surface area (Å²) in [5.41, 5.74) is 2.37. The highest BCUT2D eigenvalue weighted by molar-refractivity contribution is 8.00. The van der Waals surface area contributed by atoms with E-state index in [9.17, 15) is 0 Å². The molecule has 2 aromatic rings. The van der Waals surface area contributed by atoms with E-state index in [2.05, 4.69) is 42.8 Å². The third-order valence-electron chi connectivity index (χ3n) is 2.64. The zero-order valence-corrected chi connectivity index (χ0v) is 14.1. The van der Waals surface area contributed by atoms with Crippen LogP contribution in [0.15, 0.2) is 53.4 Å². The standard InChI is InChI=1S/C15H16ClNS.C2H6/c1-11(2)12-5-3-8-15(9-12)18-17-14-7-4-6-13(16)10-14;1-2/h3-11,17H,1-2H3;1-2H3. The summed E-state index contributed by atoms with van der Waals surface area (Å²) in [5, 5.41) is 0.747. The molecule has 0 heterocycles. The summed E-state index contributed by atoms with van der Waals surface area (Å²) in [6.07, 6.45) is 0. The van der Waals surface area contributed by atoms with E-state index in [1.165, 1.54) is 10.5 Å². The summed E-state index contributed by atoms with van der Waals surface area (Å²) >= 11 is 7.55. The Labute approximate surface area is 131 Å². The molecule has 0 saturated carbocycles. The van der Waals surface area contributed by atoms with Gasteiger partial charge in [0.25, 0.3) is 0 Å². The van der Waals surface area contributed by atoms with Crippen LogP contribution < -0.4 is 4.72 Å². The maximum absolute atomic E-state index is 5.94. The molecule has 0 spiro atoms. The Bertz CT molecular complexity index is 526. The van der Waals surface area contributed by atoms with Crippen molar-refractivity contribution in [1.82, 2.24) is 0 Å². The summed E-state index contributed by atoms with van der Waals surface area (Å²) in [6.45, 7) is 8.41. The largest absolute Gasteiger partial charge is 0.326 e. The first kappa shape index (κ1) is 16.9. The second kappa shape index (κ2) is 8.93. The van der Waals surface area contributed by atoms with Crippen LogP contribution in [0.25, 0.3) is 0 Å². The third-order valence-corrected chi connectivity index (χ3v) is 3.70. The van der Waals surface area contributed by atoms with Gasteiger partial charge in [0.05, 0.1) is 0 Å². The van der Waals surface area contributed by atoms with Gasteiger partial charge in [-0.3, -0.25) is 0 Å². The number of anilines is 1. The molecule has 0 aliphatic rings. The fourth-order valence-electron chi connectivity index (χ4n) is 1.61. The number of benzene rings is 2. The van der Waals surface area contributed by atoms with Crippen molar-refractivity contribution in [2.75, 3.05) is 4.72 Å². The molecule has 0 unspecified atom stereocenters. The van der Waals surface area contributed by atoms with E-state index in [1.807, 2.05) is 38.1 Å². The van der Waals surface area contributed by atoms with Crippen molar-refractivity contribution < 1.29 is 0 Å². The Balaban J connectivity index is 0.000000956. The van der Waals surface area contributed by atoms with Gasteiger partial charge >= 0.3 is 0 Å². The van der Waals surface area contributed by atoms with Crippen molar-refractivity contribution >= 4 is 29.2 Å². The predicted molar refractivity (Wildman–Crippen MR) is 92.8 cm³/mol. The van der Waals surface area contributed by atoms with Crippen molar-refractivity contribution in [2.24, 2.45) is 0 Å². The Morgan fingerprint density at radius 1 is 1.00 bits per heavy atom. The van der Waals surface area contributed by atoms with Crippen LogP contribution in [0, 0.1) is 0 Å². The first-order valence-corrected chi connectivity index (χ1v) is 8.13. The van der Waals surface area contributed by atoms with Crippen LogP contribution in [-0.4, -0.2) is 0 Å². The lowest BCUT2D eigenvalue weighted by atomic mass is 10.0. The normalized spacial score (nSPS) is 9.90. The fraction of sp³-hybridized carbons (Fsp3) is 0.294. The smallest absolute Gasteiger partial charge is 0.0457 e. The summed E-state index contributed by atoms with van der Waals surface area (Å²) in [5.74, 6) is 0.553. The predicted octanol–water partition coefficient (Wildman–Crippen LogP) is 6.61. The maximum atomic E-state index is 5.94. The van der Waals surface area contributed by atoms with Crippen molar-refractivity contribution in [1.29, 1.82) is 0 Å². The van der Waals surface area contributed by atoms with E-state index in [1.54, 1.807) is 11.9 Å². The first-order valence-electron chi connectivity index (χ1n) is 6.93. The Morgan fingerprint density at radius 2 is 1.70 bits per heavy atom. The van der Waals surface area contributed by atoms with E-state index in [0.29, 0.717) is 5.92 Å². The van der Waals surface area contributed by atoms with Gasteiger partial charge in [-0.05, 0) is 53.8 Å². The van der Waals surface area contributed by atoms with Crippen LogP contribution in [-0.2, 0) is 0 Å². The first-order chi connectivity index (χ1) is 9.65. The highest BCUT2D eigenvalue weighted by Gasteiger charge is 2.01. The van der Waals surface area contributed by atoms with Crippen molar-refractivity contribution in [3.63, 3.8) is 0 Å². The second-order valence-corrected chi connectivity index (χ2v) is 5.76. The van der Waals surface area contributed by atoms with E-state index in [-0.39, 0.29) is 0 Å². The lowest BCUT2D eigenvalue weighted by molar-refractivity contribution is 0.862. The van der Waals surface area contributed by atoms with Gasteiger partial charge in [0.2, 0.25) is 0 Å². The number of nitrogens with one attached hydrogen (secondary N) is 1. The molecule has 0 aliphatic carbocycles. The topological polar surface area (TPSA) is 12.0 Å². The summed E-state index contributed by atoms with van der Waals surface area (Å²) in [6, 6.07) is 16.3. The van der Waals surface area contributed by atoms with Crippen molar-refractivity contribution in [2.45, 2.75) is 38.5 Å². The van der Waals surface area contributed by atoms with Gasteiger partial charge in [0.1, 0.15) is 0 Å². The average Bonchev–Trinajstić information content (AvgIpc) is 2.48. The minimum absolute atomic E-state index is 0.553. The molecule has 0 atom stereocenters. The molecule has 0 aliphatic heterocycles. The maximum Gasteiger partial charge on any atom is 0.0457 e. The Kier molecular flexibility index (Phi) is 7.56. The zero-order valence-electron chi connectivity index (χ0n) is 12.5. The van der Waals surface area contributed by atoms with Gasteiger partial charge in [-0.15, -0.1) is 0 Å². The molecule has 2 rings (SSSR count). The van der Waals surface area contributed by atoms with Crippen LogP contribution in [0.2, 0.25) is 5.02 Å². The molecular weight excluding hydrogens is 286 g/mol. The number of hydrogen-bond donors (Lipinski definition) is 1. The number of halogens is 1. The molecule has 1 nitrogen and oxygen atoms in total. The molecule has 2 aromatic carbocycles. The summed E-state index contributed by atoms with van der Waals surface area (Å²) in [4.78, 5) is 1.21. The molecule has 0 aromatic heterocycles. The minimum atomic E-state index is 0.553. The third kappa shape index (κ3) is 5.48. The van der Waals surface area contributed by atoms with Gasteiger partial charge in [0, 0.05) is 15.6 Å². The van der Waals surface area contributed by atoms with Crippen LogP contribution in [0.3, 0.4) is 0 Å². The molecular formula is C17H22ClNS. The van der Waals surface area contributed by atoms with Gasteiger partial charge in [-0.1, -0.05) is 57.5 Å². The SMILES string of the molecule is CC.CC(C)c1cccc(SNc2cccc(Cl)c2)c1. The minimum Gasteiger partial charge on any atom is -0.326 e.